The minimum absolute atomic E-state index is 0. The molecule has 1 atom stereocenters. The van der Waals surface area contributed by atoms with Gasteiger partial charge in [0.2, 0.25) is 0 Å². The maximum atomic E-state index is 12.6. The molecule has 0 radical (unpaired) electrons. The number of hydrogen-bond donors (Lipinski definition) is 2. The normalized spacial score (nSPS) is 19.1. The van der Waals surface area contributed by atoms with Gasteiger partial charge in [0.25, 0.3) is 0 Å². The van der Waals surface area contributed by atoms with E-state index < -0.39 is 15.5 Å². The number of sulfonamides is 1. The van der Waals surface area contributed by atoms with Crippen LogP contribution in [0.1, 0.15) is 40.5 Å². The van der Waals surface area contributed by atoms with Crippen molar-refractivity contribution in [2.45, 2.75) is 58.2 Å². The van der Waals surface area contributed by atoms with Gasteiger partial charge in [-0.3, -0.25) is 4.99 Å². The first-order chi connectivity index (χ1) is 12.3. The van der Waals surface area contributed by atoms with Gasteiger partial charge in [0, 0.05) is 32.8 Å². The van der Waals surface area contributed by atoms with Crippen LogP contribution in [0.15, 0.2) is 4.99 Å². The summed E-state index contributed by atoms with van der Waals surface area (Å²) >= 11 is 0. The lowest BCUT2D eigenvalue weighted by molar-refractivity contribution is -0.0494. The van der Waals surface area contributed by atoms with Gasteiger partial charge in [-0.2, -0.15) is 17.5 Å². The smallest absolute Gasteiger partial charge is 0.379 e. The highest BCUT2D eigenvalue weighted by molar-refractivity contribution is 14.0. The van der Waals surface area contributed by atoms with Crippen LogP contribution in [0.5, 0.6) is 0 Å². The third-order valence-corrected chi connectivity index (χ3v) is 6.07. The molecule has 28 heavy (non-hydrogen) atoms. The second-order valence-electron chi connectivity index (χ2n) is 7.58. The van der Waals surface area contributed by atoms with Crippen molar-refractivity contribution in [2.24, 2.45) is 10.4 Å². The summed E-state index contributed by atoms with van der Waals surface area (Å²) in [5, 5.41) is 6.28. The zero-order chi connectivity index (χ0) is 20.9. The molecule has 1 unspecified atom stereocenters. The maximum Gasteiger partial charge on any atom is 0.511 e. The molecule has 2 N–H and O–H groups in total. The van der Waals surface area contributed by atoms with E-state index in [0.717, 1.165) is 0 Å². The standard InChI is InChI=1S/C16H31F3N4O3S.HI/c1-6-20-14(21-11-13(26-5)15(2,3)4)22-12-7-9-23(10-8-12)27(24,25)16(17,18)19;/h12-13H,6-11H2,1-5H3,(H2,20,21,22);1H. The first-order valence-electron chi connectivity index (χ1n) is 8.97. The monoisotopic (exact) mass is 544 g/mol. The second kappa shape index (κ2) is 11.2. The molecule has 1 heterocycles. The highest BCUT2D eigenvalue weighted by Gasteiger charge is 2.50. The molecular weight excluding hydrogens is 512 g/mol. The van der Waals surface area contributed by atoms with Gasteiger partial charge >= 0.3 is 15.5 Å². The summed E-state index contributed by atoms with van der Waals surface area (Å²) in [6.45, 7) is 8.75. The molecule has 0 aromatic carbocycles. The molecule has 0 bridgehead atoms. The van der Waals surface area contributed by atoms with E-state index in [9.17, 15) is 21.6 Å². The first-order valence-corrected chi connectivity index (χ1v) is 10.4. The fourth-order valence-corrected chi connectivity index (χ4v) is 3.76. The Kier molecular flexibility index (Phi) is 11.0. The molecule has 0 aromatic heterocycles. The van der Waals surface area contributed by atoms with Crippen LogP contribution in [-0.2, 0) is 14.8 Å². The molecule has 1 fully saturated rings. The third-order valence-electron chi connectivity index (χ3n) is 4.44. The van der Waals surface area contributed by atoms with Crippen molar-refractivity contribution >= 4 is 40.0 Å². The molecule has 0 aromatic rings. The van der Waals surface area contributed by atoms with Crippen molar-refractivity contribution in [1.82, 2.24) is 14.9 Å². The predicted molar refractivity (Wildman–Crippen MR) is 114 cm³/mol. The molecule has 0 amide bonds. The Morgan fingerprint density at radius 3 is 2.18 bits per heavy atom. The van der Waals surface area contributed by atoms with Gasteiger partial charge in [0.15, 0.2) is 5.96 Å². The number of methoxy groups -OCH3 is 1. The molecule has 12 heteroatoms. The van der Waals surface area contributed by atoms with Crippen molar-refractivity contribution in [3.63, 3.8) is 0 Å². The van der Waals surface area contributed by atoms with Crippen molar-refractivity contribution in [2.75, 3.05) is 33.3 Å². The van der Waals surface area contributed by atoms with E-state index in [1.54, 1.807) is 7.11 Å². The Morgan fingerprint density at radius 1 is 1.25 bits per heavy atom. The van der Waals surface area contributed by atoms with Crippen molar-refractivity contribution in [3.8, 4) is 0 Å². The Labute approximate surface area is 182 Å². The summed E-state index contributed by atoms with van der Waals surface area (Å²) in [4.78, 5) is 4.51. The quantitative estimate of drug-likeness (QED) is 0.305. The molecule has 1 saturated heterocycles. The summed E-state index contributed by atoms with van der Waals surface area (Å²) in [5.74, 6) is 0.543. The summed E-state index contributed by atoms with van der Waals surface area (Å²) in [7, 11) is -3.63. The van der Waals surface area contributed by atoms with Crippen molar-refractivity contribution in [3.05, 3.63) is 0 Å². The number of nitrogens with one attached hydrogen (secondary N) is 2. The number of rotatable bonds is 6. The van der Waals surface area contributed by atoms with Crippen molar-refractivity contribution in [1.29, 1.82) is 0 Å². The minimum Gasteiger partial charge on any atom is -0.379 e. The van der Waals surface area contributed by atoms with E-state index in [4.69, 9.17) is 4.74 Å². The topological polar surface area (TPSA) is 83.0 Å². The van der Waals surface area contributed by atoms with E-state index in [-0.39, 0.29) is 67.5 Å². The van der Waals surface area contributed by atoms with Crippen LogP contribution >= 0.6 is 24.0 Å². The van der Waals surface area contributed by atoms with E-state index in [1.807, 2.05) is 27.7 Å². The van der Waals surface area contributed by atoms with E-state index >= 15 is 0 Å². The fraction of sp³-hybridized carbons (Fsp3) is 0.938. The highest BCUT2D eigenvalue weighted by Crippen LogP contribution is 2.29. The Balaban J connectivity index is 0.00000729. The van der Waals surface area contributed by atoms with Crippen molar-refractivity contribution < 1.29 is 26.3 Å². The van der Waals surface area contributed by atoms with Crippen LogP contribution in [0.2, 0.25) is 0 Å². The number of guanidine groups is 1. The fourth-order valence-electron chi connectivity index (χ4n) is 2.78. The molecular formula is C16H32F3IN4O3S. The Bertz CT molecular complexity index is 601. The average Bonchev–Trinajstić information content (AvgIpc) is 2.53. The molecule has 0 spiro atoms. The Hall–Kier alpha value is -0.340. The number of aliphatic imine (C=N–C) groups is 1. The SMILES string of the molecule is CCNC(=NCC(OC)C(C)(C)C)NC1CCN(S(=O)(=O)C(F)(F)F)CC1.I. The molecule has 1 aliphatic heterocycles. The van der Waals surface area contributed by atoms with E-state index in [0.29, 0.717) is 23.4 Å². The largest absolute Gasteiger partial charge is 0.511 e. The zero-order valence-corrected chi connectivity index (χ0v) is 20.1. The van der Waals surface area contributed by atoms with Gasteiger partial charge < -0.3 is 15.4 Å². The molecule has 0 aliphatic carbocycles. The molecule has 168 valence electrons. The van der Waals surface area contributed by atoms with Crippen LogP contribution in [-0.4, -0.2) is 69.6 Å². The Morgan fingerprint density at radius 2 is 1.79 bits per heavy atom. The number of hydrogen-bond acceptors (Lipinski definition) is 4. The maximum absolute atomic E-state index is 12.6. The third kappa shape index (κ3) is 7.82. The molecule has 7 nitrogen and oxygen atoms in total. The van der Waals surface area contributed by atoms with Crippen LogP contribution in [0.3, 0.4) is 0 Å². The summed E-state index contributed by atoms with van der Waals surface area (Å²) in [6.07, 6.45) is 0.450. The van der Waals surface area contributed by atoms with Gasteiger partial charge in [-0.15, -0.1) is 24.0 Å². The average molecular weight is 544 g/mol. The van der Waals surface area contributed by atoms with E-state index in [2.05, 4.69) is 15.6 Å². The number of halogens is 4. The number of piperidine rings is 1. The predicted octanol–water partition coefficient (Wildman–Crippen LogP) is 2.53. The number of alkyl halides is 3. The lowest BCUT2D eigenvalue weighted by atomic mass is 9.89. The number of nitrogens with zero attached hydrogens (tertiary/aromatic N) is 2. The summed E-state index contributed by atoms with van der Waals surface area (Å²) in [5.41, 5.74) is -5.35. The van der Waals surface area contributed by atoms with Gasteiger partial charge in [-0.25, -0.2) is 8.42 Å². The summed E-state index contributed by atoms with van der Waals surface area (Å²) < 4.78 is 66.9. The van der Waals surface area contributed by atoms with Crippen LogP contribution in [0, 0.1) is 5.41 Å². The van der Waals surface area contributed by atoms with Gasteiger partial charge in [-0.05, 0) is 25.2 Å². The lowest BCUT2D eigenvalue weighted by Gasteiger charge is -2.33. The van der Waals surface area contributed by atoms with Crippen LogP contribution in [0.25, 0.3) is 0 Å². The van der Waals surface area contributed by atoms with E-state index in [1.165, 1.54) is 0 Å². The zero-order valence-electron chi connectivity index (χ0n) is 17.0. The second-order valence-corrected chi connectivity index (χ2v) is 9.51. The van der Waals surface area contributed by atoms with Crippen LogP contribution in [0.4, 0.5) is 13.2 Å². The van der Waals surface area contributed by atoms with Gasteiger partial charge in [0.1, 0.15) is 0 Å². The number of ether oxygens (including phenoxy) is 1. The molecule has 1 rings (SSSR count). The first kappa shape index (κ1) is 27.7. The van der Waals surface area contributed by atoms with Crippen LogP contribution < -0.4 is 10.6 Å². The molecule has 1 aliphatic rings. The van der Waals surface area contributed by atoms with Gasteiger partial charge in [-0.1, -0.05) is 20.8 Å². The molecule has 0 saturated carbocycles. The van der Waals surface area contributed by atoms with Gasteiger partial charge in [0.05, 0.1) is 12.6 Å². The minimum atomic E-state index is -5.26. The lowest BCUT2D eigenvalue weighted by Crippen LogP contribution is -2.51. The highest BCUT2D eigenvalue weighted by atomic mass is 127. The summed E-state index contributed by atoms with van der Waals surface area (Å²) in [6, 6.07) is -0.155.